The zero-order chi connectivity index (χ0) is 17.6. The maximum atomic E-state index is 12.2. The Morgan fingerprint density at radius 2 is 1.92 bits per heavy atom. The topological polar surface area (TPSA) is 107 Å². The molecule has 1 aromatic rings. The summed E-state index contributed by atoms with van der Waals surface area (Å²) in [5.74, 6) is -2.26. The molecule has 3 atom stereocenters. The van der Waals surface area contributed by atoms with Gasteiger partial charge in [0, 0.05) is 12.6 Å². The van der Waals surface area contributed by atoms with Gasteiger partial charge in [0.05, 0.1) is 18.1 Å². The number of benzene rings is 1. The van der Waals surface area contributed by atoms with Crippen LogP contribution in [0.3, 0.4) is 0 Å². The number of nitrogens with zero attached hydrogens (tertiary/aromatic N) is 1. The minimum Gasteiger partial charge on any atom is -0.477 e. The van der Waals surface area contributed by atoms with Crippen LogP contribution in [-0.4, -0.2) is 45.0 Å². The number of amides is 2. The second-order valence-corrected chi connectivity index (χ2v) is 6.14. The monoisotopic (exact) mass is 330 g/mol. The lowest BCUT2D eigenvalue weighted by Crippen LogP contribution is -2.61. The third-order valence-corrected chi connectivity index (χ3v) is 4.48. The summed E-state index contributed by atoms with van der Waals surface area (Å²) in [5, 5.41) is 21.9. The second-order valence-electron chi connectivity index (χ2n) is 6.14. The van der Waals surface area contributed by atoms with Gasteiger partial charge < -0.3 is 20.4 Å². The SMILES string of the molecule is CC(=O)Nc1ccc(C2=C(C(=O)O)N3C(=O)[C@H]([C@@H](C)O)[C@H]3C2)cc1. The number of fused-ring (bicyclic) bond motifs is 1. The molecule has 0 radical (unpaired) electrons. The van der Waals surface area contributed by atoms with Crippen LogP contribution < -0.4 is 5.32 Å². The van der Waals surface area contributed by atoms with Crippen molar-refractivity contribution in [2.75, 3.05) is 5.32 Å². The van der Waals surface area contributed by atoms with Gasteiger partial charge in [0.15, 0.2) is 0 Å². The van der Waals surface area contributed by atoms with Crippen molar-refractivity contribution >= 4 is 29.0 Å². The fourth-order valence-electron chi connectivity index (χ4n) is 3.49. The van der Waals surface area contributed by atoms with Crippen LogP contribution in [0.15, 0.2) is 30.0 Å². The van der Waals surface area contributed by atoms with Crippen molar-refractivity contribution in [3.8, 4) is 0 Å². The van der Waals surface area contributed by atoms with Crippen LogP contribution in [0.5, 0.6) is 0 Å². The molecule has 0 unspecified atom stereocenters. The zero-order valence-corrected chi connectivity index (χ0v) is 13.3. The Kier molecular flexibility index (Phi) is 3.88. The standard InChI is InChI=1S/C17H18N2O5/c1-8(20)14-13-7-12(15(17(23)24)19(13)16(14)22)10-3-5-11(6-4-10)18-9(2)21/h3-6,8,13-14,20H,7H2,1-2H3,(H,18,21)(H,23,24)/t8-,13-,14-/m1/s1. The highest BCUT2D eigenvalue weighted by Gasteiger charge is 2.56. The fraction of sp³-hybridized carbons (Fsp3) is 0.353. The van der Waals surface area contributed by atoms with E-state index in [1.54, 1.807) is 31.2 Å². The molecule has 0 aromatic heterocycles. The number of hydrogen-bond donors (Lipinski definition) is 3. The quantitative estimate of drug-likeness (QED) is 0.716. The summed E-state index contributed by atoms with van der Waals surface area (Å²) >= 11 is 0. The molecule has 24 heavy (non-hydrogen) atoms. The lowest BCUT2D eigenvalue weighted by Gasteiger charge is -2.44. The summed E-state index contributed by atoms with van der Waals surface area (Å²) in [5.41, 5.74) is 1.85. The molecular weight excluding hydrogens is 312 g/mol. The minimum absolute atomic E-state index is 0.0193. The molecule has 2 aliphatic rings. The third kappa shape index (κ3) is 2.46. The van der Waals surface area contributed by atoms with Crippen LogP contribution in [0.2, 0.25) is 0 Å². The number of carbonyl (C=O) groups excluding carboxylic acids is 2. The lowest BCUT2D eigenvalue weighted by molar-refractivity contribution is -0.161. The number of anilines is 1. The van der Waals surface area contributed by atoms with Crippen LogP contribution in [0.25, 0.3) is 5.57 Å². The van der Waals surface area contributed by atoms with E-state index in [1.165, 1.54) is 11.8 Å². The predicted octanol–water partition coefficient (Wildman–Crippen LogP) is 1.05. The van der Waals surface area contributed by atoms with E-state index in [4.69, 9.17) is 0 Å². The van der Waals surface area contributed by atoms with Gasteiger partial charge in [-0.05, 0) is 36.6 Å². The van der Waals surface area contributed by atoms with Crippen molar-refractivity contribution in [3.05, 3.63) is 35.5 Å². The Hall–Kier alpha value is -2.67. The zero-order valence-electron chi connectivity index (χ0n) is 13.3. The van der Waals surface area contributed by atoms with Gasteiger partial charge in [-0.15, -0.1) is 0 Å². The molecule has 0 saturated carbocycles. The van der Waals surface area contributed by atoms with Gasteiger partial charge in [-0.1, -0.05) is 12.1 Å². The van der Waals surface area contributed by atoms with Crippen molar-refractivity contribution in [2.45, 2.75) is 32.4 Å². The number of carboxylic acids is 1. The summed E-state index contributed by atoms with van der Waals surface area (Å²) in [7, 11) is 0. The number of aliphatic carboxylic acids is 1. The van der Waals surface area contributed by atoms with Crippen molar-refractivity contribution < 1.29 is 24.6 Å². The van der Waals surface area contributed by atoms with Crippen LogP contribution in [0.1, 0.15) is 25.8 Å². The summed E-state index contributed by atoms with van der Waals surface area (Å²) < 4.78 is 0. The first kappa shape index (κ1) is 16.2. The second kappa shape index (κ2) is 5.76. The maximum Gasteiger partial charge on any atom is 0.352 e. The number of aliphatic hydroxyl groups is 1. The van der Waals surface area contributed by atoms with Gasteiger partial charge in [0.1, 0.15) is 5.70 Å². The van der Waals surface area contributed by atoms with Gasteiger partial charge >= 0.3 is 5.97 Å². The molecule has 7 nitrogen and oxygen atoms in total. The first-order chi connectivity index (χ1) is 11.3. The largest absolute Gasteiger partial charge is 0.477 e. The molecule has 2 amide bonds. The highest BCUT2D eigenvalue weighted by Crippen LogP contribution is 2.46. The minimum atomic E-state index is -1.16. The van der Waals surface area contributed by atoms with Gasteiger partial charge in [0.25, 0.3) is 0 Å². The number of carboxylic acid groups (broad SMARTS) is 1. The molecule has 126 valence electrons. The van der Waals surface area contributed by atoms with Gasteiger partial charge in [0.2, 0.25) is 11.8 Å². The Bertz CT molecular complexity index is 751. The summed E-state index contributed by atoms with van der Waals surface area (Å²) in [6, 6.07) is 6.50. The number of carbonyl (C=O) groups is 3. The molecule has 0 spiro atoms. The van der Waals surface area contributed by atoms with Gasteiger partial charge in [-0.2, -0.15) is 0 Å². The Morgan fingerprint density at radius 3 is 2.42 bits per heavy atom. The Balaban J connectivity index is 1.93. The highest BCUT2D eigenvalue weighted by atomic mass is 16.4. The number of β-lactam (4-membered cyclic amide) rings is 1. The third-order valence-electron chi connectivity index (χ3n) is 4.48. The van der Waals surface area contributed by atoms with Crippen LogP contribution in [0.4, 0.5) is 5.69 Å². The highest BCUT2D eigenvalue weighted by molar-refractivity contribution is 6.06. The van der Waals surface area contributed by atoms with E-state index in [2.05, 4.69) is 5.32 Å². The molecule has 0 aliphatic carbocycles. The molecule has 0 bridgehead atoms. The van der Waals surface area contributed by atoms with Crippen LogP contribution in [0, 0.1) is 5.92 Å². The molecule has 3 N–H and O–H groups in total. The number of aliphatic hydroxyl groups excluding tert-OH is 1. The molecule has 2 aliphatic heterocycles. The number of hydrogen-bond acceptors (Lipinski definition) is 4. The number of rotatable bonds is 4. The van der Waals surface area contributed by atoms with Crippen LogP contribution >= 0.6 is 0 Å². The molecule has 1 saturated heterocycles. The molecule has 2 heterocycles. The maximum absolute atomic E-state index is 12.2. The Labute approximate surface area is 138 Å². The van der Waals surface area contributed by atoms with Crippen molar-refractivity contribution in [2.24, 2.45) is 5.92 Å². The van der Waals surface area contributed by atoms with Gasteiger partial charge in [-0.25, -0.2) is 4.79 Å². The lowest BCUT2D eigenvalue weighted by atomic mass is 9.82. The van der Waals surface area contributed by atoms with E-state index in [1.807, 2.05) is 0 Å². The van der Waals surface area contributed by atoms with E-state index in [9.17, 15) is 24.6 Å². The first-order valence-electron chi connectivity index (χ1n) is 7.67. The van der Waals surface area contributed by atoms with Crippen molar-refractivity contribution in [1.82, 2.24) is 4.90 Å². The van der Waals surface area contributed by atoms with E-state index >= 15 is 0 Å². The van der Waals surface area contributed by atoms with Gasteiger partial charge in [-0.3, -0.25) is 9.59 Å². The van der Waals surface area contributed by atoms with E-state index in [0.717, 1.165) is 0 Å². The van der Waals surface area contributed by atoms with E-state index in [-0.39, 0.29) is 23.6 Å². The smallest absolute Gasteiger partial charge is 0.352 e. The summed E-state index contributed by atoms with van der Waals surface area (Å²) in [6.45, 7) is 2.95. The average Bonchev–Trinajstić information content (AvgIpc) is 2.82. The van der Waals surface area contributed by atoms with E-state index in [0.29, 0.717) is 23.2 Å². The normalized spacial score (nSPS) is 23.6. The van der Waals surface area contributed by atoms with Crippen molar-refractivity contribution in [3.63, 3.8) is 0 Å². The predicted molar refractivity (Wildman–Crippen MR) is 85.7 cm³/mol. The van der Waals surface area contributed by atoms with Crippen LogP contribution in [-0.2, 0) is 14.4 Å². The first-order valence-corrected chi connectivity index (χ1v) is 7.67. The fourth-order valence-corrected chi connectivity index (χ4v) is 3.49. The number of nitrogens with one attached hydrogen (secondary N) is 1. The van der Waals surface area contributed by atoms with E-state index < -0.39 is 18.0 Å². The summed E-state index contributed by atoms with van der Waals surface area (Å²) in [6.07, 6.45) is -0.419. The molecule has 1 aromatic carbocycles. The Morgan fingerprint density at radius 1 is 1.29 bits per heavy atom. The molecule has 3 rings (SSSR count). The molecule has 7 heteroatoms. The summed E-state index contributed by atoms with van der Waals surface area (Å²) in [4.78, 5) is 36.1. The average molecular weight is 330 g/mol. The molecular formula is C17H18N2O5. The molecule has 1 fully saturated rings. The van der Waals surface area contributed by atoms with Crippen molar-refractivity contribution in [1.29, 1.82) is 0 Å².